The van der Waals surface area contributed by atoms with Crippen LogP contribution in [-0.2, 0) is 0 Å². The van der Waals surface area contributed by atoms with Crippen LogP contribution in [-0.4, -0.2) is 0 Å². The van der Waals surface area contributed by atoms with Crippen LogP contribution in [0.25, 0.3) is 22.3 Å². The van der Waals surface area contributed by atoms with Crippen molar-refractivity contribution in [3.05, 3.63) is 194 Å². The van der Waals surface area contributed by atoms with E-state index in [1.807, 2.05) is 0 Å². The van der Waals surface area contributed by atoms with Crippen LogP contribution in [0, 0.1) is 0 Å². The Morgan fingerprint density at radius 2 is 0.386 bits per heavy atom. The summed E-state index contributed by atoms with van der Waals surface area (Å²) in [5, 5.41) is 0. The predicted octanol–water partition coefficient (Wildman–Crippen LogP) is 12.0. The van der Waals surface area contributed by atoms with Crippen molar-refractivity contribution in [3.8, 4) is 22.3 Å². The summed E-state index contributed by atoms with van der Waals surface area (Å²) in [6.45, 7) is 0. The summed E-state index contributed by atoms with van der Waals surface area (Å²) in [4.78, 5) is 4.59. The summed E-state index contributed by atoms with van der Waals surface area (Å²) in [5.74, 6) is 0. The predicted molar refractivity (Wildman–Crippen MR) is 187 cm³/mol. The van der Waals surface area contributed by atoms with Crippen LogP contribution in [0.15, 0.2) is 194 Å². The number of para-hydroxylation sites is 3. The van der Waals surface area contributed by atoms with Gasteiger partial charge < -0.3 is 9.80 Å². The summed E-state index contributed by atoms with van der Waals surface area (Å²) in [5.41, 5.74) is 11.5. The molecule has 7 aromatic carbocycles. The van der Waals surface area contributed by atoms with Crippen molar-refractivity contribution in [2.24, 2.45) is 0 Å². The molecule has 0 aromatic heterocycles. The van der Waals surface area contributed by atoms with Gasteiger partial charge in [-0.1, -0.05) is 121 Å². The van der Waals surface area contributed by atoms with E-state index in [0.29, 0.717) is 0 Å². The fourth-order valence-electron chi connectivity index (χ4n) is 5.67. The number of hydrogen-bond acceptors (Lipinski definition) is 2. The van der Waals surface area contributed by atoms with Crippen LogP contribution in [0.1, 0.15) is 0 Å². The normalized spacial score (nSPS) is 10.7. The monoisotopic (exact) mass is 564 g/mol. The maximum atomic E-state index is 2.31. The molecule has 44 heavy (non-hydrogen) atoms. The zero-order chi connectivity index (χ0) is 29.6. The van der Waals surface area contributed by atoms with Crippen molar-refractivity contribution in [1.82, 2.24) is 0 Å². The molecule has 0 aliphatic heterocycles. The highest BCUT2D eigenvalue weighted by Gasteiger charge is 2.16. The van der Waals surface area contributed by atoms with Gasteiger partial charge in [0.05, 0.1) is 0 Å². The molecule has 7 rings (SSSR count). The lowest BCUT2D eigenvalue weighted by Crippen LogP contribution is -2.12. The lowest BCUT2D eigenvalue weighted by molar-refractivity contribution is 1.26. The molecule has 0 amide bonds. The van der Waals surface area contributed by atoms with Gasteiger partial charge in [0.2, 0.25) is 0 Å². The molecule has 0 aliphatic carbocycles. The standard InChI is InChI=1S/C42H32N2/c1-5-13-33(14-6-1)34-21-23-35(24-22-34)36-25-27-40(28-26-36)44(39-19-11-4-12-20-39)42-31-29-41(30-32-42)43(37-15-7-2-8-16-37)38-17-9-3-10-18-38/h1-32H. The first kappa shape index (κ1) is 27.0. The van der Waals surface area contributed by atoms with Crippen LogP contribution in [0.5, 0.6) is 0 Å². The Morgan fingerprint density at radius 1 is 0.182 bits per heavy atom. The van der Waals surface area contributed by atoms with Crippen LogP contribution >= 0.6 is 0 Å². The highest BCUT2D eigenvalue weighted by Crippen LogP contribution is 2.39. The van der Waals surface area contributed by atoms with Gasteiger partial charge in [-0.15, -0.1) is 0 Å². The summed E-state index contributed by atoms with van der Waals surface area (Å²) in [6.07, 6.45) is 0. The largest absolute Gasteiger partial charge is 0.311 e. The molecule has 0 unspecified atom stereocenters. The minimum Gasteiger partial charge on any atom is -0.311 e. The molecular weight excluding hydrogens is 532 g/mol. The second-order valence-corrected chi connectivity index (χ2v) is 10.7. The number of rotatable bonds is 8. The second kappa shape index (κ2) is 12.6. The number of benzene rings is 7. The zero-order valence-corrected chi connectivity index (χ0v) is 24.4. The Labute approximate surface area is 259 Å². The molecule has 0 fully saturated rings. The summed E-state index contributed by atoms with van der Waals surface area (Å²) in [6, 6.07) is 68.5. The molecule has 0 atom stereocenters. The number of anilines is 6. The zero-order valence-electron chi connectivity index (χ0n) is 24.4. The summed E-state index contributed by atoms with van der Waals surface area (Å²) < 4.78 is 0. The first-order valence-electron chi connectivity index (χ1n) is 14.9. The molecule has 0 saturated heterocycles. The van der Waals surface area contributed by atoms with Crippen LogP contribution in [0.2, 0.25) is 0 Å². The molecule has 7 aromatic rings. The fourth-order valence-corrected chi connectivity index (χ4v) is 5.67. The van der Waals surface area contributed by atoms with Gasteiger partial charge in [0.15, 0.2) is 0 Å². The van der Waals surface area contributed by atoms with E-state index in [1.54, 1.807) is 0 Å². The average molecular weight is 565 g/mol. The van der Waals surface area contributed by atoms with Crippen LogP contribution in [0.4, 0.5) is 34.1 Å². The fraction of sp³-hybridized carbons (Fsp3) is 0. The van der Waals surface area contributed by atoms with Crippen molar-refractivity contribution in [1.29, 1.82) is 0 Å². The molecule has 0 bridgehead atoms. The highest BCUT2D eigenvalue weighted by molar-refractivity contribution is 5.82. The molecule has 0 radical (unpaired) electrons. The Hall–Kier alpha value is -5.86. The Bertz CT molecular complexity index is 1860. The van der Waals surface area contributed by atoms with Gasteiger partial charge in [0, 0.05) is 34.1 Å². The number of hydrogen-bond donors (Lipinski definition) is 0. The van der Waals surface area contributed by atoms with Gasteiger partial charge in [-0.2, -0.15) is 0 Å². The SMILES string of the molecule is c1ccc(-c2ccc(-c3ccc(N(c4ccccc4)c4ccc(N(c5ccccc5)c5ccccc5)cc4)cc3)cc2)cc1. The van der Waals surface area contributed by atoms with E-state index in [-0.39, 0.29) is 0 Å². The van der Waals surface area contributed by atoms with E-state index in [0.717, 1.165) is 34.1 Å². The van der Waals surface area contributed by atoms with Gasteiger partial charge in [0.1, 0.15) is 0 Å². The maximum absolute atomic E-state index is 2.31. The van der Waals surface area contributed by atoms with Crippen molar-refractivity contribution >= 4 is 34.1 Å². The molecule has 210 valence electrons. The third-order valence-corrected chi connectivity index (χ3v) is 7.86. The lowest BCUT2D eigenvalue weighted by Gasteiger charge is -2.28. The van der Waals surface area contributed by atoms with Crippen molar-refractivity contribution in [3.63, 3.8) is 0 Å². The maximum Gasteiger partial charge on any atom is 0.0463 e. The smallest absolute Gasteiger partial charge is 0.0463 e. The molecule has 0 heterocycles. The molecule has 0 saturated carbocycles. The van der Waals surface area contributed by atoms with Gasteiger partial charge >= 0.3 is 0 Å². The van der Waals surface area contributed by atoms with E-state index < -0.39 is 0 Å². The molecule has 0 N–H and O–H groups in total. The van der Waals surface area contributed by atoms with E-state index in [1.165, 1.54) is 22.3 Å². The molecule has 0 spiro atoms. The lowest BCUT2D eigenvalue weighted by atomic mass is 10.00. The molecule has 2 nitrogen and oxygen atoms in total. The molecule has 0 aliphatic rings. The van der Waals surface area contributed by atoms with Crippen molar-refractivity contribution in [2.75, 3.05) is 9.80 Å². The van der Waals surface area contributed by atoms with E-state index in [4.69, 9.17) is 0 Å². The Balaban J connectivity index is 1.21. The minimum absolute atomic E-state index is 1.10. The van der Waals surface area contributed by atoms with Gasteiger partial charge in [0.25, 0.3) is 0 Å². The molecular formula is C42H32N2. The summed E-state index contributed by atoms with van der Waals surface area (Å²) >= 11 is 0. The van der Waals surface area contributed by atoms with Gasteiger partial charge in [-0.3, -0.25) is 0 Å². The van der Waals surface area contributed by atoms with Crippen LogP contribution < -0.4 is 9.80 Å². The quantitative estimate of drug-likeness (QED) is 0.181. The van der Waals surface area contributed by atoms with Gasteiger partial charge in [-0.05, 0) is 95.1 Å². The minimum atomic E-state index is 1.10. The van der Waals surface area contributed by atoms with Crippen molar-refractivity contribution in [2.45, 2.75) is 0 Å². The first-order valence-corrected chi connectivity index (χ1v) is 14.9. The topological polar surface area (TPSA) is 6.48 Å². The summed E-state index contributed by atoms with van der Waals surface area (Å²) in [7, 11) is 0. The second-order valence-electron chi connectivity index (χ2n) is 10.7. The first-order chi connectivity index (χ1) is 21.8. The number of nitrogens with zero attached hydrogens (tertiary/aromatic N) is 2. The van der Waals surface area contributed by atoms with Gasteiger partial charge in [-0.25, -0.2) is 0 Å². The highest BCUT2D eigenvalue weighted by atomic mass is 15.2. The average Bonchev–Trinajstić information content (AvgIpc) is 3.11. The van der Waals surface area contributed by atoms with E-state index >= 15 is 0 Å². The Morgan fingerprint density at radius 3 is 0.705 bits per heavy atom. The molecule has 2 heteroatoms. The third kappa shape index (κ3) is 5.74. The van der Waals surface area contributed by atoms with Crippen molar-refractivity contribution < 1.29 is 0 Å². The third-order valence-electron chi connectivity index (χ3n) is 7.86. The Kier molecular flexibility index (Phi) is 7.71. The van der Waals surface area contributed by atoms with E-state index in [9.17, 15) is 0 Å². The van der Waals surface area contributed by atoms with Crippen LogP contribution in [0.3, 0.4) is 0 Å². The van der Waals surface area contributed by atoms with E-state index in [2.05, 4.69) is 204 Å².